The molecule has 0 saturated carbocycles. The molecule has 5 heteroatoms. The first-order chi connectivity index (χ1) is 10.1. The third-order valence-electron chi connectivity index (χ3n) is 3.55. The van der Waals surface area contributed by atoms with Crippen molar-refractivity contribution in [2.24, 2.45) is 0 Å². The lowest BCUT2D eigenvalue weighted by Crippen LogP contribution is -2.22. The number of carboxylic acids is 1. The van der Waals surface area contributed by atoms with Gasteiger partial charge in [0.25, 0.3) is 5.56 Å². The number of hydrogen-bond acceptors (Lipinski definition) is 3. The summed E-state index contributed by atoms with van der Waals surface area (Å²) in [6.45, 7) is 0.138. The van der Waals surface area contributed by atoms with Crippen LogP contribution in [0.1, 0.15) is 6.42 Å². The molecule has 0 aliphatic carbocycles. The number of aliphatic carboxylic acids is 1. The van der Waals surface area contributed by atoms with Crippen molar-refractivity contribution >= 4 is 33.3 Å². The fourth-order valence-electron chi connectivity index (χ4n) is 2.59. The molecule has 0 bridgehead atoms. The van der Waals surface area contributed by atoms with E-state index in [1.807, 2.05) is 18.2 Å². The Morgan fingerprint density at radius 2 is 1.81 bits per heavy atom. The fraction of sp³-hybridized carbons (Fsp3) is 0.125. The van der Waals surface area contributed by atoms with E-state index in [1.165, 1.54) is 4.57 Å². The number of carboxylic acid groups (broad SMARTS) is 1. The Kier molecular flexibility index (Phi) is 3.10. The molecule has 0 unspecified atom stereocenters. The third-order valence-corrected chi connectivity index (χ3v) is 3.55. The van der Waals surface area contributed by atoms with E-state index in [4.69, 9.17) is 10.8 Å². The zero-order valence-electron chi connectivity index (χ0n) is 11.2. The highest BCUT2D eigenvalue weighted by Gasteiger charge is 2.11. The second kappa shape index (κ2) is 4.94. The van der Waals surface area contributed by atoms with Crippen LogP contribution in [0.25, 0.3) is 21.7 Å². The first kappa shape index (κ1) is 13.2. The van der Waals surface area contributed by atoms with Crippen LogP contribution in [0.4, 0.5) is 5.69 Å². The van der Waals surface area contributed by atoms with Crippen molar-refractivity contribution in [1.82, 2.24) is 4.57 Å². The zero-order valence-corrected chi connectivity index (χ0v) is 11.2. The molecule has 3 rings (SSSR count). The molecule has 21 heavy (non-hydrogen) atoms. The summed E-state index contributed by atoms with van der Waals surface area (Å²) in [7, 11) is 0. The van der Waals surface area contributed by atoms with Crippen LogP contribution >= 0.6 is 0 Å². The van der Waals surface area contributed by atoms with Gasteiger partial charge in [-0.25, -0.2) is 0 Å². The topological polar surface area (TPSA) is 85.3 Å². The van der Waals surface area contributed by atoms with E-state index in [0.717, 1.165) is 10.8 Å². The molecule has 0 atom stereocenters. The van der Waals surface area contributed by atoms with Gasteiger partial charge in [0.1, 0.15) is 0 Å². The molecule has 2 aromatic carbocycles. The van der Waals surface area contributed by atoms with Gasteiger partial charge in [-0.2, -0.15) is 0 Å². The molecule has 106 valence electrons. The van der Waals surface area contributed by atoms with Crippen LogP contribution in [0.2, 0.25) is 0 Å². The number of nitrogens with zero attached hydrogens (tertiary/aromatic N) is 1. The van der Waals surface area contributed by atoms with Gasteiger partial charge in [0, 0.05) is 23.0 Å². The third kappa shape index (κ3) is 2.23. The summed E-state index contributed by atoms with van der Waals surface area (Å²) in [5.74, 6) is -0.932. The summed E-state index contributed by atoms with van der Waals surface area (Å²) in [5, 5.41) is 11.1. The highest BCUT2D eigenvalue weighted by molar-refractivity contribution is 6.06. The first-order valence-corrected chi connectivity index (χ1v) is 6.60. The zero-order chi connectivity index (χ0) is 15.0. The molecule has 0 aliphatic rings. The van der Waals surface area contributed by atoms with Gasteiger partial charge < -0.3 is 15.4 Å². The molecule has 0 fully saturated rings. The van der Waals surface area contributed by atoms with Crippen molar-refractivity contribution in [1.29, 1.82) is 0 Å². The van der Waals surface area contributed by atoms with E-state index >= 15 is 0 Å². The Labute approximate surface area is 120 Å². The van der Waals surface area contributed by atoms with Crippen LogP contribution in [0.3, 0.4) is 0 Å². The van der Waals surface area contributed by atoms with Gasteiger partial charge in [-0.3, -0.25) is 9.59 Å². The SMILES string of the molecule is Nc1ccc2c(c1)c1ccccc1c(=O)n2CCC(=O)O. The lowest BCUT2D eigenvalue weighted by Gasteiger charge is -2.12. The van der Waals surface area contributed by atoms with E-state index in [-0.39, 0.29) is 18.5 Å². The van der Waals surface area contributed by atoms with Gasteiger partial charge in [-0.15, -0.1) is 0 Å². The Balaban J connectivity index is 2.40. The smallest absolute Gasteiger partial charge is 0.305 e. The van der Waals surface area contributed by atoms with Gasteiger partial charge in [-0.05, 0) is 29.7 Å². The summed E-state index contributed by atoms with van der Waals surface area (Å²) >= 11 is 0. The number of hydrogen-bond donors (Lipinski definition) is 2. The van der Waals surface area contributed by atoms with Crippen molar-refractivity contribution in [2.45, 2.75) is 13.0 Å². The second-order valence-electron chi connectivity index (χ2n) is 4.92. The number of rotatable bonds is 3. The van der Waals surface area contributed by atoms with Crippen LogP contribution in [0, 0.1) is 0 Å². The van der Waals surface area contributed by atoms with Crippen molar-refractivity contribution in [3.63, 3.8) is 0 Å². The molecule has 0 aliphatic heterocycles. The molecule has 1 heterocycles. The number of pyridine rings is 1. The number of aryl methyl sites for hydroxylation is 1. The van der Waals surface area contributed by atoms with Gasteiger partial charge in [0.2, 0.25) is 0 Å². The quantitative estimate of drug-likeness (QED) is 0.569. The van der Waals surface area contributed by atoms with Gasteiger partial charge >= 0.3 is 5.97 Å². The predicted molar refractivity (Wildman–Crippen MR) is 82.4 cm³/mol. The van der Waals surface area contributed by atoms with Crippen molar-refractivity contribution in [2.75, 3.05) is 5.73 Å². The van der Waals surface area contributed by atoms with Crippen molar-refractivity contribution in [3.8, 4) is 0 Å². The number of nitrogens with two attached hydrogens (primary N) is 1. The summed E-state index contributed by atoms with van der Waals surface area (Å²) in [6, 6.07) is 12.6. The summed E-state index contributed by atoms with van der Waals surface area (Å²) in [5.41, 5.74) is 6.98. The number of aromatic nitrogens is 1. The summed E-state index contributed by atoms with van der Waals surface area (Å²) in [6.07, 6.45) is -0.0995. The Morgan fingerprint density at radius 1 is 1.10 bits per heavy atom. The van der Waals surface area contributed by atoms with Crippen molar-refractivity contribution < 1.29 is 9.90 Å². The molecule has 3 N–H and O–H groups in total. The average Bonchev–Trinajstić information content (AvgIpc) is 2.47. The lowest BCUT2D eigenvalue weighted by atomic mass is 10.1. The van der Waals surface area contributed by atoms with Crippen LogP contribution in [-0.4, -0.2) is 15.6 Å². The highest BCUT2D eigenvalue weighted by Crippen LogP contribution is 2.24. The molecular formula is C16H14N2O3. The normalized spacial score (nSPS) is 11.0. The molecule has 0 saturated heterocycles. The molecule has 0 amide bonds. The van der Waals surface area contributed by atoms with Crippen LogP contribution in [-0.2, 0) is 11.3 Å². The minimum atomic E-state index is -0.932. The Morgan fingerprint density at radius 3 is 2.52 bits per heavy atom. The summed E-state index contributed by atoms with van der Waals surface area (Å²) < 4.78 is 1.51. The molecule has 1 aromatic heterocycles. The van der Waals surface area contributed by atoms with Crippen molar-refractivity contribution in [3.05, 3.63) is 52.8 Å². The first-order valence-electron chi connectivity index (χ1n) is 6.60. The maximum absolute atomic E-state index is 12.6. The number of fused-ring (bicyclic) bond motifs is 3. The predicted octanol–water partition coefficient (Wildman–Crippen LogP) is 2.21. The molecular weight excluding hydrogens is 268 g/mol. The van der Waals surface area contributed by atoms with Gasteiger partial charge in [0.05, 0.1) is 11.9 Å². The van der Waals surface area contributed by atoms with E-state index in [0.29, 0.717) is 16.6 Å². The monoisotopic (exact) mass is 282 g/mol. The molecule has 5 nitrogen and oxygen atoms in total. The standard InChI is InChI=1S/C16H14N2O3/c17-10-5-6-14-13(9-10)11-3-1-2-4-12(11)16(21)18(14)8-7-15(19)20/h1-6,9H,7-8,17H2,(H,19,20). The Bertz CT molecular complexity index is 912. The highest BCUT2D eigenvalue weighted by atomic mass is 16.4. The maximum atomic E-state index is 12.6. The van der Waals surface area contributed by atoms with E-state index in [1.54, 1.807) is 24.3 Å². The minimum Gasteiger partial charge on any atom is -0.481 e. The van der Waals surface area contributed by atoms with Crippen LogP contribution in [0.5, 0.6) is 0 Å². The van der Waals surface area contributed by atoms with E-state index in [9.17, 15) is 9.59 Å². The second-order valence-corrected chi connectivity index (χ2v) is 4.92. The Hall–Kier alpha value is -2.82. The fourth-order valence-corrected chi connectivity index (χ4v) is 2.59. The van der Waals surface area contributed by atoms with Crippen LogP contribution < -0.4 is 11.3 Å². The number of nitrogen functional groups attached to an aromatic ring is 1. The average molecular weight is 282 g/mol. The van der Waals surface area contributed by atoms with E-state index < -0.39 is 5.97 Å². The molecule has 0 radical (unpaired) electrons. The minimum absolute atomic E-state index is 0.0995. The number of benzene rings is 2. The largest absolute Gasteiger partial charge is 0.481 e. The summed E-state index contributed by atoms with van der Waals surface area (Å²) in [4.78, 5) is 23.4. The number of anilines is 1. The maximum Gasteiger partial charge on any atom is 0.305 e. The molecule has 3 aromatic rings. The number of carbonyl (C=O) groups is 1. The lowest BCUT2D eigenvalue weighted by molar-refractivity contribution is -0.137. The van der Waals surface area contributed by atoms with E-state index in [2.05, 4.69) is 0 Å². The van der Waals surface area contributed by atoms with Gasteiger partial charge in [0.15, 0.2) is 0 Å². The van der Waals surface area contributed by atoms with Gasteiger partial charge in [-0.1, -0.05) is 18.2 Å². The van der Waals surface area contributed by atoms with Crippen LogP contribution in [0.15, 0.2) is 47.3 Å². The molecule has 0 spiro atoms.